The molecule has 0 fully saturated rings. The molecule has 0 radical (unpaired) electrons. The van der Waals surface area contributed by atoms with Gasteiger partial charge in [-0.1, -0.05) is 42.0 Å². The predicted octanol–water partition coefficient (Wildman–Crippen LogP) is 4.98. The van der Waals surface area contributed by atoms with Crippen molar-refractivity contribution in [3.63, 3.8) is 0 Å². The van der Waals surface area contributed by atoms with Gasteiger partial charge in [0, 0.05) is 0 Å². The normalized spacial score (nSPS) is 12.1. The van der Waals surface area contributed by atoms with Gasteiger partial charge in [-0.05, 0) is 62.2 Å². The monoisotopic (exact) mass is 416 g/mol. The molecule has 3 aromatic carbocycles. The number of hydrogen-bond donors (Lipinski definition) is 1. The first kappa shape index (κ1) is 20.9. The number of para-hydroxylation sites is 2. The van der Waals surface area contributed by atoms with Gasteiger partial charge in [0.25, 0.3) is 0 Å². The quantitative estimate of drug-likeness (QED) is 0.440. The van der Waals surface area contributed by atoms with Crippen LogP contribution in [0.1, 0.15) is 22.5 Å². The number of aryl methyl sites for hydroxylation is 3. The lowest BCUT2D eigenvalue weighted by molar-refractivity contribution is 0.0914. The van der Waals surface area contributed by atoms with Gasteiger partial charge in [0.1, 0.15) is 36.6 Å². The molecule has 0 amide bonds. The third-order valence-electron chi connectivity index (χ3n) is 5.25. The zero-order chi connectivity index (χ0) is 21.8. The highest BCUT2D eigenvalue weighted by molar-refractivity contribution is 5.75. The summed E-state index contributed by atoms with van der Waals surface area (Å²) >= 11 is 0. The van der Waals surface area contributed by atoms with E-state index in [4.69, 9.17) is 14.5 Å². The molecular formula is C26H28N2O3. The first-order chi connectivity index (χ1) is 15.0. The first-order valence-electron chi connectivity index (χ1n) is 10.5. The lowest BCUT2D eigenvalue weighted by atomic mass is 10.1. The molecule has 4 aromatic rings. The Bertz CT molecular complexity index is 1180. The second-order valence-electron chi connectivity index (χ2n) is 7.97. The summed E-state index contributed by atoms with van der Waals surface area (Å²) in [6, 6.07) is 21.9. The van der Waals surface area contributed by atoms with E-state index in [1.165, 1.54) is 5.56 Å². The molecular weight excluding hydrogens is 388 g/mol. The molecule has 1 aromatic heterocycles. The molecule has 0 bridgehead atoms. The standard InChI is InChI=1S/C26H28N2O3/c1-18-7-6-8-22(14-18)30-17-26-27-23-9-4-5-10-24(23)28(26)15-21(29)16-31-25-12-11-19(2)13-20(25)3/h4-14,21,29H,15-17H2,1-3H3/t21-/m0/s1. The van der Waals surface area contributed by atoms with Crippen LogP contribution in [0.5, 0.6) is 11.5 Å². The summed E-state index contributed by atoms with van der Waals surface area (Å²) in [7, 11) is 0. The van der Waals surface area contributed by atoms with Crippen LogP contribution in [0.25, 0.3) is 11.0 Å². The number of aliphatic hydroxyl groups excluding tert-OH is 1. The number of nitrogens with zero attached hydrogens (tertiary/aromatic N) is 2. The number of aliphatic hydroxyl groups is 1. The van der Waals surface area contributed by atoms with Crippen molar-refractivity contribution in [1.29, 1.82) is 0 Å². The minimum atomic E-state index is -0.684. The van der Waals surface area contributed by atoms with Gasteiger partial charge in [0.05, 0.1) is 17.6 Å². The van der Waals surface area contributed by atoms with Crippen molar-refractivity contribution in [2.24, 2.45) is 0 Å². The summed E-state index contributed by atoms with van der Waals surface area (Å²) in [5.41, 5.74) is 5.25. The zero-order valence-electron chi connectivity index (χ0n) is 18.2. The minimum absolute atomic E-state index is 0.203. The molecule has 5 nitrogen and oxygen atoms in total. The average molecular weight is 417 g/mol. The van der Waals surface area contributed by atoms with Crippen molar-refractivity contribution < 1.29 is 14.6 Å². The Balaban J connectivity index is 1.49. The number of hydrogen-bond acceptors (Lipinski definition) is 4. The molecule has 0 aliphatic carbocycles. The summed E-state index contributed by atoms with van der Waals surface area (Å²) in [5, 5.41) is 10.7. The van der Waals surface area contributed by atoms with Crippen molar-refractivity contribution in [1.82, 2.24) is 9.55 Å². The summed E-state index contributed by atoms with van der Waals surface area (Å²) in [6.45, 7) is 7.00. The van der Waals surface area contributed by atoms with Gasteiger partial charge in [-0.2, -0.15) is 0 Å². The fourth-order valence-corrected chi connectivity index (χ4v) is 3.70. The third kappa shape index (κ3) is 5.06. The Morgan fingerprint density at radius 2 is 1.71 bits per heavy atom. The number of aromatic nitrogens is 2. The predicted molar refractivity (Wildman–Crippen MR) is 123 cm³/mol. The molecule has 0 aliphatic heterocycles. The van der Waals surface area contributed by atoms with E-state index in [1.807, 2.05) is 79.1 Å². The van der Waals surface area contributed by atoms with Crippen LogP contribution in [0, 0.1) is 20.8 Å². The Labute approximate surface area is 182 Å². The summed E-state index contributed by atoms with van der Waals surface area (Å²) in [4.78, 5) is 4.73. The maximum Gasteiger partial charge on any atom is 0.148 e. The second kappa shape index (κ2) is 9.23. The van der Waals surface area contributed by atoms with Crippen LogP contribution < -0.4 is 9.47 Å². The Morgan fingerprint density at radius 1 is 0.903 bits per heavy atom. The van der Waals surface area contributed by atoms with Crippen LogP contribution in [0.2, 0.25) is 0 Å². The Hall–Kier alpha value is -3.31. The maximum atomic E-state index is 10.7. The molecule has 1 heterocycles. The van der Waals surface area contributed by atoms with E-state index in [0.717, 1.165) is 39.5 Å². The van der Waals surface area contributed by atoms with Gasteiger partial charge < -0.3 is 19.1 Å². The number of imidazole rings is 1. The van der Waals surface area contributed by atoms with Crippen LogP contribution in [-0.4, -0.2) is 27.4 Å². The SMILES string of the molecule is Cc1cccc(OCc2nc3ccccc3n2C[C@H](O)COc2ccc(C)cc2C)c1. The summed E-state index contributed by atoms with van der Waals surface area (Å²) in [6.07, 6.45) is -0.684. The van der Waals surface area contributed by atoms with Gasteiger partial charge in [0.15, 0.2) is 0 Å². The minimum Gasteiger partial charge on any atom is -0.491 e. The molecule has 0 saturated heterocycles. The van der Waals surface area contributed by atoms with Crippen LogP contribution in [0.15, 0.2) is 66.7 Å². The highest BCUT2D eigenvalue weighted by atomic mass is 16.5. The topological polar surface area (TPSA) is 56.5 Å². The average Bonchev–Trinajstić information content (AvgIpc) is 3.09. The summed E-state index contributed by atoms with van der Waals surface area (Å²) < 4.78 is 13.9. The van der Waals surface area contributed by atoms with Crippen molar-refractivity contribution in [2.75, 3.05) is 6.61 Å². The zero-order valence-corrected chi connectivity index (χ0v) is 18.2. The van der Waals surface area contributed by atoms with E-state index in [2.05, 4.69) is 13.0 Å². The molecule has 5 heteroatoms. The molecule has 1 N–H and O–H groups in total. The molecule has 0 aliphatic rings. The number of rotatable bonds is 8. The number of ether oxygens (including phenoxy) is 2. The number of fused-ring (bicyclic) bond motifs is 1. The first-order valence-corrected chi connectivity index (χ1v) is 10.5. The largest absolute Gasteiger partial charge is 0.491 e. The lowest BCUT2D eigenvalue weighted by Crippen LogP contribution is -2.25. The summed E-state index contributed by atoms with van der Waals surface area (Å²) in [5.74, 6) is 2.37. The van der Waals surface area contributed by atoms with E-state index >= 15 is 0 Å². The molecule has 4 rings (SSSR count). The van der Waals surface area contributed by atoms with Crippen LogP contribution in [0.4, 0.5) is 0 Å². The Morgan fingerprint density at radius 3 is 2.52 bits per heavy atom. The third-order valence-corrected chi connectivity index (χ3v) is 5.25. The van der Waals surface area contributed by atoms with Crippen LogP contribution >= 0.6 is 0 Å². The van der Waals surface area contributed by atoms with Crippen molar-refractivity contribution in [3.8, 4) is 11.5 Å². The molecule has 0 spiro atoms. The molecule has 160 valence electrons. The van der Waals surface area contributed by atoms with E-state index in [0.29, 0.717) is 13.2 Å². The second-order valence-corrected chi connectivity index (χ2v) is 7.97. The fourth-order valence-electron chi connectivity index (χ4n) is 3.70. The van der Waals surface area contributed by atoms with Crippen molar-refractivity contribution in [3.05, 3.63) is 89.2 Å². The van der Waals surface area contributed by atoms with Gasteiger partial charge >= 0.3 is 0 Å². The van der Waals surface area contributed by atoms with E-state index in [1.54, 1.807) is 0 Å². The highest BCUT2D eigenvalue weighted by Crippen LogP contribution is 2.21. The lowest BCUT2D eigenvalue weighted by Gasteiger charge is -2.17. The van der Waals surface area contributed by atoms with Crippen LogP contribution in [0.3, 0.4) is 0 Å². The van der Waals surface area contributed by atoms with E-state index < -0.39 is 6.10 Å². The van der Waals surface area contributed by atoms with Gasteiger partial charge in [-0.3, -0.25) is 0 Å². The number of benzene rings is 3. The maximum absolute atomic E-state index is 10.7. The molecule has 31 heavy (non-hydrogen) atoms. The molecule has 1 atom stereocenters. The van der Waals surface area contributed by atoms with Crippen molar-refractivity contribution >= 4 is 11.0 Å². The molecule has 0 saturated carbocycles. The Kier molecular flexibility index (Phi) is 6.23. The fraction of sp³-hybridized carbons (Fsp3) is 0.269. The smallest absolute Gasteiger partial charge is 0.148 e. The molecule has 0 unspecified atom stereocenters. The van der Waals surface area contributed by atoms with Gasteiger partial charge in [-0.25, -0.2) is 4.98 Å². The van der Waals surface area contributed by atoms with Crippen molar-refractivity contribution in [2.45, 2.75) is 40.0 Å². The highest BCUT2D eigenvalue weighted by Gasteiger charge is 2.16. The van der Waals surface area contributed by atoms with E-state index in [-0.39, 0.29) is 6.61 Å². The van der Waals surface area contributed by atoms with Gasteiger partial charge in [-0.15, -0.1) is 0 Å². The van der Waals surface area contributed by atoms with E-state index in [9.17, 15) is 5.11 Å². The van der Waals surface area contributed by atoms with Gasteiger partial charge in [0.2, 0.25) is 0 Å². The van der Waals surface area contributed by atoms with Crippen LogP contribution in [-0.2, 0) is 13.2 Å².